The number of halogens is 2. The molecule has 17 heavy (non-hydrogen) atoms. The maximum Gasteiger partial charge on any atom is 0.166 e. The van der Waals surface area contributed by atoms with Crippen LogP contribution in [0.5, 0.6) is 0 Å². The summed E-state index contributed by atoms with van der Waals surface area (Å²) < 4.78 is 28.6. The highest BCUT2D eigenvalue weighted by molar-refractivity contribution is 5.57. The molecule has 2 rings (SSSR count). The Morgan fingerprint density at radius 2 is 2.00 bits per heavy atom. The topological polar surface area (TPSA) is 30.7 Å². The van der Waals surface area contributed by atoms with Gasteiger partial charge in [0.25, 0.3) is 0 Å². The van der Waals surface area contributed by atoms with Crippen LogP contribution in [-0.4, -0.2) is 14.8 Å². The van der Waals surface area contributed by atoms with Crippen LogP contribution >= 0.6 is 0 Å². The smallest absolute Gasteiger partial charge is 0.166 e. The third kappa shape index (κ3) is 2.18. The summed E-state index contributed by atoms with van der Waals surface area (Å²) >= 11 is 0. The van der Waals surface area contributed by atoms with Crippen LogP contribution in [0.25, 0.3) is 11.4 Å². The standard InChI is InChI=1S/C12H13F2N3/c1-3-4-17-7-15-16-12(17)9-5-8(2)10(13)6-11(9)14/h5-7H,3-4H2,1-2H3. The average Bonchev–Trinajstić information content (AvgIpc) is 2.72. The summed E-state index contributed by atoms with van der Waals surface area (Å²) in [4.78, 5) is 0. The van der Waals surface area contributed by atoms with Gasteiger partial charge < -0.3 is 4.57 Å². The predicted octanol–water partition coefficient (Wildman–Crippen LogP) is 2.94. The Morgan fingerprint density at radius 3 is 2.71 bits per heavy atom. The van der Waals surface area contributed by atoms with Gasteiger partial charge in [0.2, 0.25) is 0 Å². The van der Waals surface area contributed by atoms with E-state index in [0.29, 0.717) is 17.9 Å². The molecule has 90 valence electrons. The number of hydrogen-bond acceptors (Lipinski definition) is 2. The van der Waals surface area contributed by atoms with E-state index in [1.165, 1.54) is 6.07 Å². The molecule has 0 spiro atoms. The molecule has 3 nitrogen and oxygen atoms in total. The van der Waals surface area contributed by atoms with Gasteiger partial charge in [0.1, 0.15) is 18.0 Å². The predicted molar refractivity (Wildman–Crippen MR) is 60.4 cm³/mol. The van der Waals surface area contributed by atoms with Crippen molar-refractivity contribution < 1.29 is 8.78 Å². The Labute approximate surface area is 98.1 Å². The molecule has 0 N–H and O–H groups in total. The van der Waals surface area contributed by atoms with E-state index in [2.05, 4.69) is 10.2 Å². The molecule has 5 heteroatoms. The highest BCUT2D eigenvalue weighted by Crippen LogP contribution is 2.23. The first-order valence-electron chi connectivity index (χ1n) is 5.47. The maximum absolute atomic E-state index is 13.7. The van der Waals surface area contributed by atoms with Gasteiger partial charge in [-0.1, -0.05) is 6.92 Å². The monoisotopic (exact) mass is 237 g/mol. The van der Waals surface area contributed by atoms with Gasteiger partial charge in [-0.3, -0.25) is 0 Å². The highest BCUT2D eigenvalue weighted by Gasteiger charge is 2.14. The summed E-state index contributed by atoms with van der Waals surface area (Å²) in [5, 5.41) is 7.65. The fourth-order valence-electron chi connectivity index (χ4n) is 1.70. The Balaban J connectivity index is 2.52. The van der Waals surface area contributed by atoms with Gasteiger partial charge >= 0.3 is 0 Å². The molecule has 0 unspecified atom stereocenters. The first-order chi connectivity index (χ1) is 8.13. The molecule has 0 radical (unpaired) electrons. The van der Waals surface area contributed by atoms with Crippen molar-refractivity contribution >= 4 is 0 Å². The summed E-state index contributed by atoms with van der Waals surface area (Å²) in [7, 11) is 0. The lowest BCUT2D eigenvalue weighted by Gasteiger charge is -2.07. The van der Waals surface area contributed by atoms with E-state index in [4.69, 9.17) is 0 Å². The van der Waals surface area contributed by atoms with Gasteiger partial charge in [-0.25, -0.2) is 8.78 Å². The van der Waals surface area contributed by atoms with Gasteiger partial charge in [-0.2, -0.15) is 0 Å². The van der Waals surface area contributed by atoms with Crippen LogP contribution in [0.15, 0.2) is 18.5 Å². The molecule has 0 saturated carbocycles. The zero-order valence-corrected chi connectivity index (χ0v) is 9.74. The lowest BCUT2D eigenvalue weighted by atomic mass is 10.1. The molecule has 0 bridgehead atoms. The van der Waals surface area contributed by atoms with Crippen molar-refractivity contribution in [2.24, 2.45) is 0 Å². The minimum absolute atomic E-state index is 0.287. The molecule has 0 fully saturated rings. The van der Waals surface area contributed by atoms with E-state index < -0.39 is 11.6 Å². The molecule has 2 aromatic rings. The maximum atomic E-state index is 13.7. The summed E-state index contributed by atoms with van der Waals surface area (Å²) in [5.74, 6) is -0.723. The molecule has 0 aliphatic heterocycles. The van der Waals surface area contributed by atoms with Crippen molar-refractivity contribution in [3.8, 4) is 11.4 Å². The number of rotatable bonds is 3. The van der Waals surface area contributed by atoms with E-state index >= 15 is 0 Å². The van der Waals surface area contributed by atoms with Crippen molar-refractivity contribution in [2.75, 3.05) is 0 Å². The van der Waals surface area contributed by atoms with E-state index in [1.54, 1.807) is 17.8 Å². The van der Waals surface area contributed by atoms with Gasteiger partial charge in [0.05, 0.1) is 5.56 Å². The minimum Gasteiger partial charge on any atom is -0.314 e. The van der Waals surface area contributed by atoms with Crippen LogP contribution in [-0.2, 0) is 6.54 Å². The molecule has 0 saturated heterocycles. The summed E-state index contributed by atoms with van der Waals surface area (Å²) in [5.41, 5.74) is 0.683. The second kappa shape index (κ2) is 4.61. The van der Waals surface area contributed by atoms with Gasteiger partial charge in [-0.15, -0.1) is 10.2 Å². The third-order valence-corrected chi connectivity index (χ3v) is 2.57. The number of hydrogen-bond donors (Lipinski definition) is 0. The van der Waals surface area contributed by atoms with Crippen molar-refractivity contribution in [2.45, 2.75) is 26.8 Å². The van der Waals surface area contributed by atoms with E-state index in [1.807, 2.05) is 6.92 Å². The van der Waals surface area contributed by atoms with Gasteiger partial charge in [-0.05, 0) is 25.0 Å². The Bertz CT molecular complexity index is 535. The molecule has 0 aliphatic rings. The summed E-state index contributed by atoms with van der Waals surface area (Å²) in [6, 6.07) is 2.34. The number of aromatic nitrogens is 3. The molecule has 0 amide bonds. The van der Waals surface area contributed by atoms with Crippen molar-refractivity contribution in [3.63, 3.8) is 0 Å². The molecule has 1 aromatic carbocycles. The van der Waals surface area contributed by atoms with E-state index in [9.17, 15) is 8.78 Å². The summed E-state index contributed by atoms with van der Waals surface area (Å²) in [6.45, 7) is 4.31. The highest BCUT2D eigenvalue weighted by atomic mass is 19.1. The first-order valence-corrected chi connectivity index (χ1v) is 5.47. The summed E-state index contributed by atoms with van der Waals surface area (Å²) in [6.07, 6.45) is 2.45. The third-order valence-electron chi connectivity index (χ3n) is 2.57. The van der Waals surface area contributed by atoms with Crippen LogP contribution in [0.3, 0.4) is 0 Å². The number of benzene rings is 1. The lowest BCUT2D eigenvalue weighted by Crippen LogP contribution is -2.01. The van der Waals surface area contributed by atoms with Crippen LogP contribution in [0.2, 0.25) is 0 Å². The Kier molecular flexibility index (Phi) is 3.17. The SMILES string of the molecule is CCCn1cnnc1-c1cc(C)c(F)cc1F. The molecule has 0 atom stereocenters. The number of nitrogens with zero attached hydrogens (tertiary/aromatic N) is 3. The van der Waals surface area contributed by atoms with E-state index in [-0.39, 0.29) is 5.56 Å². The molecule has 1 heterocycles. The average molecular weight is 237 g/mol. The number of aryl methyl sites for hydroxylation is 2. The second-order valence-electron chi connectivity index (χ2n) is 3.93. The van der Waals surface area contributed by atoms with Gasteiger partial charge in [0, 0.05) is 12.6 Å². The molecule has 1 aromatic heterocycles. The van der Waals surface area contributed by atoms with Crippen molar-refractivity contribution in [1.82, 2.24) is 14.8 Å². The fourth-order valence-corrected chi connectivity index (χ4v) is 1.70. The van der Waals surface area contributed by atoms with Crippen molar-refractivity contribution in [1.29, 1.82) is 0 Å². The van der Waals surface area contributed by atoms with Gasteiger partial charge in [0.15, 0.2) is 5.82 Å². The lowest BCUT2D eigenvalue weighted by molar-refractivity contribution is 0.577. The normalized spacial score (nSPS) is 10.8. The minimum atomic E-state index is -0.613. The zero-order chi connectivity index (χ0) is 12.4. The Morgan fingerprint density at radius 1 is 1.24 bits per heavy atom. The largest absolute Gasteiger partial charge is 0.314 e. The zero-order valence-electron chi connectivity index (χ0n) is 9.74. The fraction of sp³-hybridized carbons (Fsp3) is 0.333. The molecular weight excluding hydrogens is 224 g/mol. The second-order valence-corrected chi connectivity index (χ2v) is 3.93. The van der Waals surface area contributed by atoms with Crippen LogP contribution in [0.4, 0.5) is 8.78 Å². The van der Waals surface area contributed by atoms with Crippen LogP contribution in [0, 0.1) is 18.6 Å². The van der Waals surface area contributed by atoms with Crippen molar-refractivity contribution in [3.05, 3.63) is 35.7 Å². The Hall–Kier alpha value is -1.78. The molecule has 0 aliphatic carbocycles. The van der Waals surface area contributed by atoms with Crippen LogP contribution in [0.1, 0.15) is 18.9 Å². The molecular formula is C12H13F2N3. The van der Waals surface area contributed by atoms with Crippen LogP contribution < -0.4 is 0 Å². The first kappa shape index (κ1) is 11.7. The van der Waals surface area contributed by atoms with E-state index in [0.717, 1.165) is 12.5 Å². The quantitative estimate of drug-likeness (QED) is 0.821.